The van der Waals surface area contributed by atoms with Gasteiger partial charge < -0.3 is 9.84 Å². The highest BCUT2D eigenvalue weighted by atomic mass is 16.5. The number of aromatic nitrogens is 2. The Morgan fingerprint density at radius 1 is 1.17 bits per heavy atom. The molecule has 3 rings (SSSR count). The first-order valence-electron chi connectivity index (χ1n) is 10.1. The van der Waals surface area contributed by atoms with Crippen LogP contribution in [0.3, 0.4) is 0 Å². The third kappa shape index (κ3) is 4.44. The fourth-order valence-corrected chi connectivity index (χ4v) is 3.87. The molecule has 1 N–H and O–H groups in total. The largest absolute Gasteiger partial charge is 0.497 e. The molecule has 1 aliphatic rings. The van der Waals surface area contributed by atoms with Crippen LogP contribution in [0, 0.1) is 11.8 Å². The SMILES string of the molecule is COc1ccc(-n2cc(C(=O)O)c(N(C(=O)C3CCC(C)CC3)C(C)C)n2)cc1. The summed E-state index contributed by atoms with van der Waals surface area (Å²) in [4.78, 5) is 26.8. The molecule has 0 radical (unpaired) electrons. The van der Waals surface area contributed by atoms with E-state index in [-0.39, 0.29) is 29.2 Å². The van der Waals surface area contributed by atoms with Crippen LogP contribution in [-0.4, -0.2) is 39.9 Å². The van der Waals surface area contributed by atoms with Gasteiger partial charge in [-0.2, -0.15) is 0 Å². The van der Waals surface area contributed by atoms with Crippen molar-refractivity contribution < 1.29 is 19.4 Å². The van der Waals surface area contributed by atoms with Crippen molar-refractivity contribution in [1.29, 1.82) is 0 Å². The number of aromatic carboxylic acids is 1. The summed E-state index contributed by atoms with van der Waals surface area (Å²) < 4.78 is 6.68. The fraction of sp³-hybridized carbons (Fsp3) is 0.500. The molecule has 1 heterocycles. The second kappa shape index (κ2) is 8.68. The summed E-state index contributed by atoms with van der Waals surface area (Å²) in [7, 11) is 1.59. The van der Waals surface area contributed by atoms with Gasteiger partial charge in [-0.25, -0.2) is 9.48 Å². The average molecular weight is 399 g/mol. The highest BCUT2D eigenvalue weighted by Gasteiger charge is 2.34. The first-order valence-corrected chi connectivity index (χ1v) is 10.1. The molecule has 1 aromatic carbocycles. The minimum atomic E-state index is -1.10. The van der Waals surface area contributed by atoms with Crippen molar-refractivity contribution in [2.45, 2.75) is 52.5 Å². The predicted octanol–water partition coefficient (Wildman–Crippen LogP) is 4.15. The normalized spacial score (nSPS) is 19.2. The number of nitrogens with zero attached hydrogens (tertiary/aromatic N) is 3. The Labute approximate surface area is 171 Å². The molecule has 7 nitrogen and oxygen atoms in total. The van der Waals surface area contributed by atoms with Crippen LogP contribution in [0.15, 0.2) is 30.5 Å². The van der Waals surface area contributed by atoms with Crippen LogP contribution in [-0.2, 0) is 4.79 Å². The molecule has 1 saturated carbocycles. The molecular formula is C22H29N3O4. The molecule has 0 spiro atoms. The number of methoxy groups -OCH3 is 1. The summed E-state index contributed by atoms with van der Waals surface area (Å²) in [5.74, 6) is 0.318. The van der Waals surface area contributed by atoms with Crippen molar-refractivity contribution >= 4 is 17.7 Å². The molecule has 1 aromatic heterocycles. The van der Waals surface area contributed by atoms with Gasteiger partial charge in [0.25, 0.3) is 0 Å². The fourth-order valence-electron chi connectivity index (χ4n) is 3.87. The van der Waals surface area contributed by atoms with Gasteiger partial charge in [0.2, 0.25) is 5.91 Å². The molecule has 0 aliphatic heterocycles. The van der Waals surface area contributed by atoms with E-state index in [2.05, 4.69) is 12.0 Å². The summed E-state index contributed by atoms with van der Waals surface area (Å²) in [6.45, 7) is 5.99. The van der Waals surface area contributed by atoms with Crippen LogP contribution in [0.4, 0.5) is 5.82 Å². The first kappa shape index (κ1) is 20.9. The first-order chi connectivity index (χ1) is 13.8. The molecule has 1 aliphatic carbocycles. The number of amides is 1. The standard InChI is InChI=1S/C22H29N3O4/c1-14(2)25(21(26)16-7-5-15(3)6-8-16)20-19(22(27)28)13-24(23-20)17-9-11-18(29-4)12-10-17/h9-16H,5-8H2,1-4H3,(H,27,28). The quantitative estimate of drug-likeness (QED) is 0.789. The average Bonchev–Trinajstić information content (AvgIpc) is 3.13. The van der Waals surface area contributed by atoms with E-state index < -0.39 is 5.97 Å². The Morgan fingerprint density at radius 3 is 2.31 bits per heavy atom. The number of carboxylic acid groups (broad SMARTS) is 1. The summed E-state index contributed by atoms with van der Waals surface area (Å²) in [5, 5.41) is 14.3. The molecule has 1 amide bonds. The van der Waals surface area contributed by atoms with E-state index in [1.807, 2.05) is 13.8 Å². The summed E-state index contributed by atoms with van der Waals surface area (Å²) >= 11 is 0. The zero-order valence-electron chi connectivity index (χ0n) is 17.5. The summed E-state index contributed by atoms with van der Waals surface area (Å²) in [5.41, 5.74) is 0.717. The van der Waals surface area contributed by atoms with Gasteiger partial charge in [-0.05, 0) is 69.7 Å². The predicted molar refractivity (Wildman–Crippen MR) is 111 cm³/mol. The van der Waals surface area contributed by atoms with Crippen molar-refractivity contribution in [1.82, 2.24) is 9.78 Å². The van der Waals surface area contributed by atoms with Gasteiger partial charge in [0, 0.05) is 18.2 Å². The van der Waals surface area contributed by atoms with Gasteiger partial charge in [0.15, 0.2) is 5.82 Å². The number of hydrogen-bond acceptors (Lipinski definition) is 4. The van der Waals surface area contributed by atoms with Crippen molar-refractivity contribution in [3.05, 3.63) is 36.0 Å². The zero-order chi connectivity index (χ0) is 21.1. The van der Waals surface area contributed by atoms with E-state index in [9.17, 15) is 14.7 Å². The van der Waals surface area contributed by atoms with E-state index in [4.69, 9.17) is 4.74 Å². The van der Waals surface area contributed by atoms with Crippen molar-refractivity contribution in [3.8, 4) is 11.4 Å². The van der Waals surface area contributed by atoms with E-state index in [0.717, 1.165) is 25.7 Å². The number of carbonyl (C=O) groups is 2. The van der Waals surface area contributed by atoms with Gasteiger partial charge in [-0.1, -0.05) is 6.92 Å². The van der Waals surface area contributed by atoms with Crippen LogP contribution in [0.5, 0.6) is 5.75 Å². The van der Waals surface area contributed by atoms with E-state index >= 15 is 0 Å². The number of rotatable bonds is 6. The molecule has 0 atom stereocenters. The lowest BCUT2D eigenvalue weighted by molar-refractivity contribution is -0.123. The molecule has 0 unspecified atom stereocenters. The van der Waals surface area contributed by atoms with E-state index in [1.165, 1.54) is 10.9 Å². The number of carbonyl (C=O) groups excluding carboxylic acids is 1. The van der Waals surface area contributed by atoms with Crippen LogP contribution in [0.25, 0.3) is 5.69 Å². The maximum absolute atomic E-state index is 13.3. The lowest BCUT2D eigenvalue weighted by Crippen LogP contribution is -2.43. The van der Waals surface area contributed by atoms with Crippen LogP contribution < -0.4 is 9.64 Å². The Kier molecular flexibility index (Phi) is 6.25. The highest BCUT2D eigenvalue weighted by molar-refractivity contribution is 6.01. The van der Waals surface area contributed by atoms with Gasteiger partial charge >= 0.3 is 5.97 Å². The van der Waals surface area contributed by atoms with E-state index in [0.29, 0.717) is 17.4 Å². The number of anilines is 1. The molecule has 156 valence electrons. The Bertz CT molecular complexity index is 865. The van der Waals surface area contributed by atoms with Crippen LogP contribution in [0.2, 0.25) is 0 Å². The second-order valence-corrected chi connectivity index (χ2v) is 8.07. The van der Waals surface area contributed by atoms with Gasteiger partial charge in [-0.3, -0.25) is 9.69 Å². The highest BCUT2D eigenvalue weighted by Crippen LogP contribution is 2.32. The molecule has 29 heavy (non-hydrogen) atoms. The Balaban J connectivity index is 1.97. The van der Waals surface area contributed by atoms with Crippen LogP contribution >= 0.6 is 0 Å². The van der Waals surface area contributed by atoms with Crippen molar-refractivity contribution in [2.24, 2.45) is 11.8 Å². The monoisotopic (exact) mass is 399 g/mol. The third-order valence-corrected chi connectivity index (χ3v) is 5.61. The summed E-state index contributed by atoms with van der Waals surface area (Å²) in [6, 6.07) is 6.97. The van der Waals surface area contributed by atoms with Gasteiger partial charge in [0.1, 0.15) is 11.3 Å². The smallest absolute Gasteiger partial charge is 0.341 e. The molecule has 1 fully saturated rings. The molecule has 2 aromatic rings. The van der Waals surface area contributed by atoms with Crippen molar-refractivity contribution in [3.63, 3.8) is 0 Å². The summed E-state index contributed by atoms with van der Waals surface area (Å²) in [6.07, 6.45) is 5.18. The number of carboxylic acids is 1. The molecule has 0 saturated heterocycles. The van der Waals surface area contributed by atoms with E-state index in [1.54, 1.807) is 36.3 Å². The Hall–Kier alpha value is -2.83. The van der Waals surface area contributed by atoms with Crippen molar-refractivity contribution in [2.75, 3.05) is 12.0 Å². The molecule has 0 bridgehead atoms. The topological polar surface area (TPSA) is 84.7 Å². The minimum Gasteiger partial charge on any atom is -0.497 e. The second-order valence-electron chi connectivity index (χ2n) is 8.07. The lowest BCUT2D eigenvalue weighted by atomic mass is 9.82. The maximum Gasteiger partial charge on any atom is 0.341 e. The molecule has 7 heteroatoms. The third-order valence-electron chi connectivity index (χ3n) is 5.61. The zero-order valence-corrected chi connectivity index (χ0v) is 17.5. The van der Waals surface area contributed by atoms with Gasteiger partial charge in [0.05, 0.1) is 12.8 Å². The number of benzene rings is 1. The number of ether oxygens (including phenoxy) is 1. The number of hydrogen-bond donors (Lipinski definition) is 1. The molecular weight excluding hydrogens is 370 g/mol. The Morgan fingerprint density at radius 2 is 1.79 bits per heavy atom. The minimum absolute atomic E-state index is 0.0204. The maximum atomic E-state index is 13.3. The van der Waals surface area contributed by atoms with Crippen LogP contribution in [0.1, 0.15) is 56.8 Å². The van der Waals surface area contributed by atoms with Gasteiger partial charge in [-0.15, -0.1) is 5.10 Å². The lowest BCUT2D eigenvalue weighted by Gasteiger charge is -2.32.